The van der Waals surface area contributed by atoms with Crippen LogP contribution in [-0.2, 0) is 9.53 Å². The second kappa shape index (κ2) is 5.70. The number of amides is 1. The molecule has 1 N–H and O–H groups in total. The van der Waals surface area contributed by atoms with E-state index in [4.69, 9.17) is 4.74 Å². The molecule has 0 aliphatic carbocycles. The summed E-state index contributed by atoms with van der Waals surface area (Å²) in [7, 11) is 0. The minimum Gasteiger partial charge on any atom is -0.439 e. The van der Waals surface area contributed by atoms with E-state index in [1.54, 1.807) is 31.2 Å². The van der Waals surface area contributed by atoms with E-state index < -0.39 is 12.2 Å². The predicted molar refractivity (Wildman–Crippen MR) is 59.7 cm³/mol. The van der Waals surface area contributed by atoms with Crippen LogP contribution in [0.5, 0.6) is 0 Å². The van der Waals surface area contributed by atoms with Gasteiger partial charge < -0.3 is 10.1 Å². The predicted octanol–water partition coefficient (Wildman–Crippen LogP) is 1.49. The van der Waals surface area contributed by atoms with Gasteiger partial charge in [0.05, 0.1) is 0 Å². The van der Waals surface area contributed by atoms with Crippen LogP contribution in [0.2, 0.25) is 0 Å². The molecule has 84 valence electrons. The smallest absolute Gasteiger partial charge is 0.332 e. The maximum Gasteiger partial charge on any atom is 0.332 e. The highest BCUT2D eigenvalue weighted by Crippen LogP contribution is 1.99. The van der Waals surface area contributed by atoms with Crippen LogP contribution in [0.1, 0.15) is 17.3 Å². The van der Waals surface area contributed by atoms with E-state index in [1.807, 2.05) is 6.07 Å². The first-order chi connectivity index (χ1) is 7.63. The Labute approximate surface area is 93.9 Å². The average Bonchev–Trinajstić information content (AvgIpc) is 2.29. The van der Waals surface area contributed by atoms with Crippen LogP contribution in [-0.4, -0.2) is 18.1 Å². The quantitative estimate of drug-likeness (QED) is 0.474. The maximum absolute atomic E-state index is 11.6. The molecule has 1 rings (SSSR count). The lowest BCUT2D eigenvalue weighted by molar-refractivity contribution is -0.142. The second-order valence-corrected chi connectivity index (χ2v) is 3.12. The van der Waals surface area contributed by atoms with E-state index in [2.05, 4.69) is 11.9 Å². The topological polar surface area (TPSA) is 55.4 Å². The van der Waals surface area contributed by atoms with Crippen molar-refractivity contribution in [3.8, 4) is 0 Å². The van der Waals surface area contributed by atoms with Gasteiger partial charge >= 0.3 is 5.97 Å². The van der Waals surface area contributed by atoms with Crippen LogP contribution in [0.15, 0.2) is 43.0 Å². The average molecular weight is 219 g/mol. The summed E-state index contributed by atoms with van der Waals surface area (Å²) >= 11 is 0. The minimum atomic E-state index is -0.682. The lowest BCUT2D eigenvalue weighted by atomic mass is 10.2. The number of hydrogen-bond acceptors (Lipinski definition) is 3. The number of nitrogens with one attached hydrogen (secondary N) is 1. The molecular formula is C12H13NO3. The highest BCUT2D eigenvalue weighted by Gasteiger charge is 2.11. The summed E-state index contributed by atoms with van der Waals surface area (Å²) in [5.74, 6) is -0.856. The van der Waals surface area contributed by atoms with E-state index in [0.29, 0.717) is 5.56 Å². The first-order valence-corrected chi connectivity index (χ1v) is 4.82. The second-order valence-electron chi connectivity index (χ2n) is 3.12. The molecule has 0 saturated heterocycles. The number of hydrogen-bond donors (Lipinski definition) is 1. The number of benzene rings is 1. The van der Waals surface area contributed by atoms with Crippen molar-refractivity contribution in [3.63, 3.8) is 0 Å². The van der Waals surface area contributed by atoms with Crippen molar-refractivity contribution in [3.05, 3.63) is 48.6 Å². The zero-order valence-corrected chi connectivity index (χ0v) is 8.97. The van der Waals surface area contributed by atoms with Gasteiger partial charge in [-0.1, -0.05) is 24.8 Å². The molecule has 0 aromatic heterocycles. The fraction of sp³-hybridized carbons (Fsp3) is 0.167. The lowest BCUT2D eigenvalue weighted by Crippen LogP contribution is -2.35. The zero-order chi connectivity index (χ0) is 12.0. The van der Waals surface area contributed by atoms with Crippen molar-refractivity contribution >= 4 is 11.9 Å². The molecular weight excluding hydrogens is 206 g/mol. The highest BCUT2D eigenvalue weighted by atomic mass is 16.6. The van der Waals surface area contributed by atoms with Crippen LogP contribution in [0.25, 0.3) is 0 Å². The Morgan fingerprint density at radius 3 is 2.56 bits per heavy atom. The van der Waals surface area contributed by atoms with Gasteiger partial charge in [-0.15, -0.1) is 0 Å². The van der Waals surface area contributed by atoms with E-state index in [1.165, 1.54) is 0 Å². The van der Waals surface area contributed by atoms with Crippen molar-refractivity contribution in [2.45, 2.75) is 13.2 Å². The number of ether oxygens (including phenoxy) is 1. The zero-order valence-electron chi connectivity index (χ0n) is 8.97. The summed E-state index contributed by atoms with van der Waals surface area (Å²) < 4.78 is 4.80. The van der Waals surface area contributed by atoms with Crippen molar-refractivity contribution < 1.29 is 14.3 Å². The number of rotatable bonds is 4. The van der Waals surface area contributed by atoms with Crippen molar-refractivity contribution in [2.24, 2.45) is 0 Å². The highest BCUT2D eigenvalue weighted by molar-refractivity contribution is 5.94. The molecule has 1 aromatic carbocycles. The Morgan fingerprint density at radius 1 is 1.38 bits per heavy atom. The van der Waals surface area contributed by atoms with Crippen molar-refractivity contribution in [1.82, 2.24) is 5.32 Å². The van der Waals surface area contributed by atoms with Gasteiger partial charge in [0.15, 0.2) is 6.23 Å². The molecule has 0 fully saturated rings. The molecule has 0 aliphatic heterocycles. The van der Waals surface area contributed by atoms with Gasteiger partial charge in [-0.2, -0.15) is 0 Å². The SMILES string of the molecule is C=CC(=O)OC(C)NC(=O)c1ccccc1. The lowest BCUT2D eigenvalue weighted by Gasteiger charge is -2.13. The summed E-state index contributed by atoms with van der Waals surface area (Å²) in [5.41, 5.74) is 0.518. The van der Waals surface area contributed by atoms with Crippen LogP contribution in [0, 0.1) is 0 Å². The molecule has 0 heterocycles. The molecule has 0 spiro atoms. The molecule has 1 unspecified atom stereocenters. The molecule has 1 atom stereocenters. The third-order valence-electron chi connectivity index (χ3n) is 1.83. The Balaban J connectivity index is 2.52. The summed E-state index contributed by atoms with van der Waals surface area (Å²) in [6.07, 6.45) is 0.365. The van der Waals surface area contributed by atoms with Gasteiger partial charge in [0, 0.05) is 11.6 Å². The molecule has 0 aliphatic rings. The van der Waals surface area contributed by atoms with Crippen LogP contribution in [0.3, 0.4) is 0 Å². The van der Waals surface area contributed by atoms with Gasteiger partial charge in [0.1, 0.15) is 0 Å². The Bertz CT molecular complexity index is 387. The normalized spacial score (nSPS) is 11.3. The van der Waals surface area contributed by atoms with Gasteiger partial charge in [-0.05, 0) is 19.1 Å². The van der Waals surface area contributed by atoms with Crippen molar-refractivity contribution in [2.75, 3.05) is 0 Å². The first kappa shape index (κ1) is 12.0. The Kier molecular flexibility index (Phi) is 4.27. The van der Waals surface area contributed by atoms with Gasteiger partial charge in [0.25, 0.3) is 5.91 Å². The third-order valence-corrected chi connectivity index (χ3v) is 1.83. The summed E-state index contributed by atoms with van der Waals surface area (Å²) in [6, 6.07) is 8.69. The Morgan fingerprint density at radius 2 is 2.00 bits per heavy atom. The third kappa shape index (κ3) is 3.57. The van der Waals surface area contributed by atoms with E-state index >= 15 is 0 Å². The summed E-state index contributed by atoms with van der Waals surface area (Å²) in [6.45, 7) is 4.84. The standard InChI is InChI=1S/C12H13NO3/c1-3-11(14)16-9(2)13-12(15)10-7-5-4-6-8-10/h3-9H,1H2,2H3,(H,13,15). The van der Waals surface area contributed by atoms with Gasteiger partial charge in [0.2, 0.25) is 0 Å². The molecule has 16 heavy (non-hydrogen) atoms. The van der Waals surface area contributed by atoms with Crippen LogP contribution < -0.4 is 5.32 Å². The van der Waals surface area contributed by atoms with Crippen LogP contribution >= 0.6 is 0 Å². The fourth-order valence-corrected chi connectivity index (χ4v) is 1.11. The minimum absolute atomic E-state index is 0.287. The molecule has 0 radical (unpaired) electrons. The van der Waals surface area contributed by atoms with Crippen molar-refractivity contribution in [1.29, 1.82) is 0 Å². The Hall–Kier alpha value is -2.10. The summed E-state index contributed by atoms with van der Waals surface area (Å²) in [5, 5.41) is 2.53. The molecule has 4 heteroatoms. The van der Waals surface area contributed by atoms with Gasteiger partial charge in [-0.25, -0.2) is 4.79 Å². The van der Waals surface area contributed by atoms with Crippen LogP contribution in [0.4, 0.5) is 0 Å². The van der Waals surface area contributed by atoms with E-state index in [9.17, 15) is 9.59 Å². The largest absolute Gasteiger partial charge is 0.439 e. The summed E-state index contributed by atoms with van der Waals surface area (Å²) in [4.78, 5) is 22.4. The number of carbonyl (C=O) groups is 2. The molecule has 4 nitrogen and oxygen atoms in total. The first-order valence-electron chi connectivity index (χ1n) is 4.82. The maximum atomic E-state index is 11.6. The number of carbonyl (C=O) groups excluding carboxylic acids is 2. The molecule has 0 saturated carbocycles. The van der Waals surface area contributed by atoms with E-state index in [-0.39, 0.29) is 5.91 Å². The van der Waals surface area contributed by atoms with E-state index in [0.717, 1.165) is 6.08 Å². The molecule has 0 bridgehead atoms. The monoisotopic (exact) mass is 219 g/mol. The molecule has 1 amide bonds. The number of esters is 1. The fourth-order valence-electron chi connectivity index (χ4n) is 1.11. The van der Waals surface area contributed by atoms with Gasteiger partial charge in [-0.3, -0.25) is 4.79 Å². The molecule has 1 aromatic rings.